The maximum atomic E-state index is 13.6. The molecule has 0 aliphatic rings. The van der Waals surface area contributed by atoms with Crippen LogP contribution in [0.15, 0.2) is 18.2 Å². The Morgan fingerprint density at radius 2 is 2.21 bits per heavy atom. The fraction of sp³-hybridized carbons (Fsp3) is 0.462. The first-order chi connectivity index (χ1) is 8.90. The molecule has 0 aliphatic heterocycles. The summed E-state index contributed by atoms with van der Waals surface area (Å²) in [5.74, 6) is -0.336. The van der Waals surface area contributed by atoms with E-state index in [1.54, 1.807) is 6.26 Å². The van der Waals surface area contributed by atoms with Gasteiger partial charge in [-0.15, -0.1) is 0 Å². The summed E-state index contributed by atoms with van der Waals surface area (Å²) in [5, 5.41) is 3.13. The Kier molecular flexibility index (Phi) is 6.11. The average molecular weight is 286 g/mol. The van der Waals surface area contributed by atoms with Gasteiger partial charge in [-0.25, -0.2) is 4.39 Å². The maximum absolute atomic E-state index is 13.6. The third-order valence-corrected chi connectivity index (χ3v) is 3.62. The first-order valence-electron chi connectivity index (χ1n) is 6.01. The van der Waals surface area contributed by atoms with E-state index in [4.69, 9.17) is 5.73 Å². The van der Waals surface area contributed by atoms with E-state index in [-0.39, 0.29) is 11.9 Å². The van der Waals surface area contributed by atoms with Crippen LogP contribution in [-0.2, 0) is 17.3 Å². The summed E-state index contributed by atoms with van der Waals surface area (Å²) in [6, 6.07) is 4.18. The number of carbonyl (C=O) groups excluding carboxylic acids is 1. The molecule has 0 saturated carbocycles. The second kappa shape index (κ2) is 7.35. The van der Waals surface area contributed by atoms with Crippen LogP contribution in [0, 0.1) is 5.82 Å². The fourth-order valence-electron chi connectivity index (χ4n) is 1.59. The van der Waals surface area contributed by atoms with Gasteiger partial charge in [0.1, 0.15) is 5.82 Å². The van der Waals surface area contributed by atoms with Crippen LogP contribution in [0.25, 0.3) is 0 Å². The summed E-state index contributed by atoms with van der Waals surface area (Å²) in [7, 11) is -0.824. The Hall–Kier alpha value is -1.27. The van der Waals surface area contributed by atoms with Crippen molar-refractivity contribution in [1.82, 2.24) is 5.32 Å². The Labute approximate surface area is 115 Å². The van der Waals surface area contributed by atoms with Crippen LogP contribution in [0.2, 0.25) is 0 Å². The standard InChI is InChI=1S/C13H19FN2O2S/c1-9(5-6-19(2)18)16-8-11-7-10(13(15)17)3-4-12(11)14/h3-4,7,9,16H,5-6,8H2,1-2H3,(H2,15,17). The van der Waals surface area contributed by atoms with Gasteiger partial charge in [0.25, 0.3) is 0 Å². The third kappa shape index (κ3) is 5.48. The molecule has 1 aromatic rings. The molecule has 0 aliphatic carbocycles. The number of hydrogen-bond acceptors (Lipinski definition) is 3. The quantitative estimate of drug-likeness (QED) is 0.790. The van der Waals surface area contributed by atoms with Gasteiger partial charge in [-0.3, -0.25) is 9.00 Å². The molecule has 0 fully saturated rings. The van der Waals surface area contributed by atoms with Gasteiger partial charge in [0.15, 0.2) is 0 Å². The topological polar surface area (TPSA) is 72.2 Å². The molecule has 3 N–H and O–H groups in total. The van der Waals surface area contributed by atoms with E-state index in [0.717, 1.165) is 6.42 Å². The summed E-state index contributed by atoms with van der Waals surface area (Å²) in [6.45, 7) is 2.26. The molecule has 6 heteroatoms. The predicted molar refractivity (Wildman–Crippen MR) is 74.8 cm³/mol. The zero-order valence-electron chi connectivity index (χ0n) is 11.1. The summed E-state index contributed by atoms with van der Waals surface area (Å²) in [6.07, 6.45) is 2.41. The number of nitrogens with two attached hydrogens (primary N) is 1. The van der Waals surface area contributed by atoms with Crippen LogP contribution < -0.4 is 11.1 Å². The molecule has 0 radical (unpaired) electrons. The Morgan fingerprint density at radius 3 is 2.79 bits per heavy atom. The lowest BCUT2D eigenvalue weighted by Crippen LogP contribution is -2.27. The van der Waals surface area contributed by atoms with E-state index in [9.17, 15) is 13.4 Å². The van der Waals surface area contributed by atoms with Crippen molar-refractivity contribution in [3.8, 4) is 0 Å². The first kappa shape index (κ1) is 15.8. The molecule has 0 saturated heterocycles. The summed E-state index contributed by atoms with van der Waals surface area (Å²) >= 11 is 0. The monoisotopic (exact) mass is 286 g/mol. The first-order valence-corrected chi connectivity index (χ1v) is 7.74. The van der Waals surface area contributed by atoms with Crippen LogP contribution in [-0.4, -0.2) is 28.2 Å². The SMILES string of the molecule is CC(CCS(C)=O)NCc1cc(C(N)=O)ccc1F. The maximum Gasteiger partial charge on any atom is 0.248 e. The van der Waals surface area contributed by atoms with Crippen LogP contribution in [0.5, 0.6) is 0 Å². The molecule has 19 heavy (non-hydrogen) atoms. The number of carbonyl (C=O) groups is 1. The predicted octanol–water partition coefficient (Wildman–Crippen LogP) is 1.17. The molecule has 1 amide bonds. The molecule has 0 heterocycles. The molecule has 4 nitrogen and oxygen atoms in total. The van der Waals surface area contributed by atoms with E-state index < -0.39 is 16.7 Å². The van der Waals surface area contributed by atoms with Crippen molar-refractivity contribution < 1.29 is 13.4 Å². The molecule has 2 atom stereocenters. The minimum absolute atomic E-state index is 0.125. The highest BCUT2D eigenvalue weighted by Crippen LogP contribution is 2.10. The van der Waals surface area contributed by atoms with Gasteiger partial charge in [0.05, 0.1) is 0 Å². The Morgan fingerprint density at radius 1 is 1.53 bits per heavy atom. The van der Waals surface area contributed by atoms with E-state index in [1.807, 2.05) is 6.92 Å². The molecular weight excluding hydrogens is 267 g/mol. The van der Waals surface area contributed by atoms with Gasteiger partial charge < -0.3 is 11.1 Å². The van der Waals surface area contributed by atoms with Gasteiger partial charge in [-0.05, 0) is 31.5 Å². The van der Waals surface area contributed by atoms with Crippen molar-refractivity contribution in [2.24, 2.45) is 5.73 Å². The molecule has 1 rings (SSSR count). The van der Waals surface area contributed by atoms with Crippen LogP contribution in [0.3, 0.4) is 0 Å². The summed E-state index contributed by atoms with van der Waals surface area (Å²) < 4.78 is 24.5. The number of primary amides is 1. The van der Waals surface area contributed by atoms with Crippen LogP contribution in [0.4, 0.5) is 4.39 Å². The number of halogens is 1. The van der Waals surface area contributed by atoms with Crippen molar-refractivity contribution >= 4 is 16.7 Å². The number of hydrogen-bond donors (Lipinski definition) is 2. The van der Waals surface area contributed by atoms with E-state index in [2.05, 4.69) is 5.32 Å². The molecular formula is C13H19FN2O2S. The van der Waals surface area contributed by atoms with Gasteiger partial charge >= 0.3 is 0 Å². The van der Waals surface area contributed by atoms with Crippen molar-refractivity contribution in [3.63, 3.8) is 0 Å². The van der Waals surface area contributed by atoms with Crippen molar-refractivity contribution in [2.45, 2.75) is 25.9 Å². The van der Waals surface area contributed by atoms with Gasteiger partial charge in [-0.2, -0.15) is 0 Å². The van der Waals surface area contributed by atoms with Crippen molar-refractivity contribution in [3.05, 3.63) is 35.1 Å². The van der Waals surface area contributed by atoms with Crippen LogP contribution in [0.1, 0.15) is 29.3 Å². The van der Waals surface area contributed by atoms with E-state index in [0.29, 0.717) is 23.4 Å². The lowest BCUT2D eigenvalue weighted by atomic mass is 10.1. The fourth-order valence-corrected chi connectivity index (χ4v) is 2.28. The molecule has 1 aromatic carbocycles. The number of benzene rings is 1. The Bertz CT molecular complexity index is 480. The highest BCUT2D eigenvalue weighted by Gasteiger charge is 2.09. The lowest BCUT2D eigenvalue weighted by Gasteiger charge is -2.13. The van der Waals surface area contributed by atoms with E-state index in [1.165, 1.54) is 18.2 Å². The Balaban J connectivity index is 2.59. The average Bonchev–Trinajstić information content (AvgIpc) is 2.35. The summed E-state index contributed by atoms with van der Waals surface area (Å²) in [5.41, 5.74) is 5.85. The molecule has 0 aromatic heterocycles. The minimum Gasteiger partial charge on any atom is -0.366 e. The molecule has 0 spiro atoms. The lowest BCUT2D eigenvalue weighted by molar-refractivity contribution is 0.1000. The minimum atomic E-state index is -0.824. The smallest absolute Gasteiger partial charge is 0.248 e. The van der Waals surface area contributed by atoms with E-state index >= 15 is 0 Å². The second-order valence-corrected chi connectivity index (χ2v) is 6.07. The zero-order valence-corrected chi connectivity index (χ0v) is 11.9. The van der Waals surface area contributed by atoms with Gasteiger partial charge in [0, 0.05) is 46.5 Å². The third-order valence-electron chi connectivity index (χ3n) is 2.81. The normalized spacial score (nSPS) is 14.1. The highest BCUT2D eigenvalue weighted by molar-refractivity contribution is 7.84. The largest absolute Gasteiger partial charge is 0.366 e. The van der Waals surface area contributed by atoms with Crippen molar-refractivity contribution in [2.75, 3.05) is 12.0 Å². The van der Waals surface area contributed by atoms with Gasteiger partial charge in [-0.1, -0.05) is 0 Å². The zero-order chi connectivity index (χ0) is 14.4. The van der Waals surface area contributed by atoms with Crippen molar-refractivity contribution in [1.29, 1.82) is 0 Å². The summed E-state index contributed by atoms with van der Waals surface area (Å²) in [4.78, 5) is 11.0. The van der Waals surface area contributed by atoms with Gasteiger partial charge in [0.2, 0.25) is 5.91 Å². The van der Waals surface area contributed by atoms with Crippen LogP contribution >= 0.6 is 0 Å². The number of rotatable bonds is 7. The highest BCUT2D eigenvalue weighted by atomic mass is 32.2. The number of nitrogens with one attached hydrogen (secondary N) is 1. The number of amides is 1. The molecule has 2 unspecified atom stereocenters. The molecule has 106 valence electrons. The second-order valence-electron chi connectivity index (χ2n) is 4.52. The molecule has 0 bridgehead atoms.